The maximum Gasteiger partial charge on any atom is 1.00 e. The average molecular weight is 613 g/mol. The number of benzene rings is 1. The minimum Gasteiger partial charge on any atom is -0.545 e. The molecule has 2 aliphatic heterocycles. The van der Waals surface area contributed by atoms with Crippen LogP contribution in [0.1, 0.15) is 115 Å². The van der Waals surface area contributed by atoms with Crippen molar-refractivity contribution in [3.05, 3.63) is 28.8 Å². The van der Waals surface area contributed by atoms with Crippen LogP contribution in [0.3, 0.4) is 0 Å². The van der Waals surface area contributed by atoms with Crippen LogP contribution >= 0.6 is 0 Å². The SMILES string of the molecule is CCC(C(=O)C(C)C(O)C(C)CCc1ccc(C)c(O)c1C(=O)[O-])C1O[C@](CC)(C2CCC(O)(CC)C(C)O2)CC1C.[Na+]. The number of carbonyl (C=O) groups is 2. The summed E-state index contributed by atoms with van der Waals surface area (Å²) in [4.78, 5) is 25.5. The molecule has 0 saturated carbocycles. The maximum absolute atomic E-state index is 13.9. The van der Waals surface area contributed by atoms with Gasteiger partial charge in [-0.25, -0.2) is 0 Å². The molecule has 0 bridgehead atoms. The second-order valence-electron chi connectivity index (χ2n) is 13.2. The second kappa shape index (κ2) is 15.5. The standard InChI is InChI=1S/C34H54O8.Na/c1-9-25(31-21(6)18-34(11-3,42-31)26-16-17-33(40,10-2)23(8)41-26)30(37)22(7)28(35)19(4)12-14-24-15-13-20(5)29(36)27(24)32(38)39;/h13,15,19,21-23,25-26,28,31,35-36,40H,9-12,14,16-18H2,1-8H3,(H,38,39);/q;+1/p-1/t19?,21?,22?,23?,25?,26?,28?,31?,33?,34-;/m0./s1. The normalized spacial score (nSPS) is 32.0. The van der Waals surface area contributed by atoms with Crippen molar-refractivity contribution in [2.75, 3.05) is 0 Å². The first kappa shape index (κ1) is 38.2. The molecule has 238 valence electrons. The van der Waals surface area contributed by atoms with Gasteiger partial charge in [-0.05, 0) is 88.2 Å². The molecule has 0 amide bonds. The van der Waals surface area contributed by atoms with Crippen LogP contribution in [0.15, 0.2) is 12.1 Å². The summed E-state index contributed by atoms with van der Waals surface area (Å²) in [6, 6.07) is 3.33. The fraction of sp³-hybridized carbons (Fsp3) is 0.765. The molecule has 1 aromatic rings. The number of hydrogen-bond acceptors (Lipinski definition) is 8. The number of aliphatic hydroxyl groups is 2. The number of phenols is 1. The van der Waals surface area contributed by atoms with Gasteiger partial charge in [-0.2, -0.15) is 0 Å². The first-order valence-corrected chi connectivity index (χ1v) is 16.0. The third kappa shape index (κ3) is 7.87. The molecule has 2 heterocycles. The Hall–Kier alpha value is -1.00. The van der Waals surface area contributed by atoms with Crippen LogP contribution < -0.4 is 34.7 Å². The average Bonchev–Trinajstić information content (AvgIpc) is 3.31. The molecule has 3 N–H and O–H groups in total. The van der Waals surface area contributed by atoms with Gasteiger partial charge in [0.05, 0.1) is 41.6 Å². The number of aryl methyl sites for hydroxylation is 2. The Morgan fingerprint density at radius 3 is 2.33 bits per heavy atom. The van der Waals surface area contributed by atoms with Crippen molar-refractivity contribution in [1.29, 1.82) is 0 Å². The van der Waals surface area contributed by atoms with Gasteiger partial charge in [0.2, 0.25) is 0 Å². The summed E-state index contributed by atoms with van der Waals surface area (Å²) in [6.45, 7) is 15.4. The fourth-order valence-electron chi connectivity index (χ4n) is 7.44. The fourth-order valence-corrected chi connectivity index (χ4v) is 7.44. The number of aromatic carboxylic acids is 1. The zero-order valence-corrected chi connectivity index (χ0v) is 29.8. The van der Waals surface area contributed by atoms with Crippen molar-refractivity contribution in [2.45, 2.75) is 142 Å². The number of rotatable bonds is 13. The molecule has 0 aliphatic carbocycles. The van der Waals surface area contributed by atoms with Crippen LogP contribution in [0.2, 0.25) is 0 Å². The van der Waals surface area contributed by atoms with E-state index in [1.807, 2.05) is 27.7 Å². The predicted molar refractivity (Wildman–Crippen MR) is 159 cm³/mol. The number of ether oxygens (including phenoxy) is 2. The molecule has 8 nitrogen and oxygen atoms in total. The number of ketones is 1. The zero-order chi connectivity index (χ0) is 31.6. The number of carboxylic acids is 1. The molecule has 0 aromatic heterocycles. The third-order valence-electron chi connectivity index (χ3n) is 10.6. The molecule has 2 saturated heterocycles. The summed E-state index contributed by atoms with van der Waals surface area (Å²) in [5, 5.41) is 44.1. The Kier molecular flexibility index (Phi) is 13.8. The van der Waals surface area contributed by atoms with Crippen LogP contribution in [-0.4, -0.2) is 62.7 Å². The first-order chi connectivity index (χ1) is 19.7. The van der Waals surface area contributed by atoms with Gasteiger partial charge in [-0.3, -0.25) is 4.79 Å². The Morgan fingerprint density at radius 2 is 1.79 bits per heavy atom. The largest absolute Gasteiger partial charge is 1.00 e. The minimum absolute atomic E-state index is 0. The van der Waals surface area contributed by atoms with Gasteiger partial charge in [-0.15, -0.1) is 0 Å². The van der Waals surface area contributed by atoms with E-state index in [2.05, 4.69) is 13.8 Å². The molecular formula is C34H53NaO8. The smallest absolute Gasteiger partial charge is 0.545 e. The molecule has 9 heteroatoms. The minimum atomic E-state index is -1.43. The summed E-state index contributed by atoms with van der Waals surface area (Å²) in [7, 11) is 0. The van der Waals surface area contributed by atoms with E-state index in [0.29, 0.717) is 49.7 Å². The van der Waals surface area contributed by atoms with Gasteiger partial charge in [0, 0.05) is 17.4 Å². The van der Waals surface area contributed by atoms with Crippen molar-refractivity contribution in [2.24, 2.45) is 23.7 Å². The number of carbonyl (C=O) groups excluding carboxylic acids is 2. The van der Waals surface area contributed by atoms with Crippen LogP contribution in [0.4, 0.5) is 0 Å². The van der Waals surface area contributed by atoms with E-state index in [9.17, 15) is 30.0 Å². The zero-order valence-electron chi connectivity index (χ0n) is 27.8. The molecule has 9 unspecified atom stereocenters. The molecule has 0 radical (unpaired) electrons. The van der Waals surface area contributed by atoms with E-state index < -0.39 is 29.2 Å². The van der Waals surface area contributed by atoms with Gasteiger partial charge < -0.3 is 34.7 Å². The molecule has 10 atom stereocenters. The first-order valence-electron chi connectivity index (χ1n) is 16.0. The van der Waals surface area contributed by atoms with E-state index >= 15 is 0 Å². The number of aromatic hydroxyl groups is 1. The molecule has 3 rings (SSSR count). The second-order valence-corrected chi connectivity index (χ2v) is 13.2. The van der Waals surface area contributed by atoms with Gasteiger partial charge >= 0.3 is 29.6 Å². The Labute approximate surface area is 280 Å². The van der Waals surface area contributed by atoms with Crippen molar-refractivity contribution >= 4 is 11.8 Å². The number of Topliss-reactive ketones (excluding diaryl/α,β-unsaturated/α-hetero) is 1. The van der Waals surface area contributed by atoms with E-state index in [1.165, 1.54) is 0 Å². The monoisotopic (exact) mass is 612 g/mol. The topological polar surface area (TPSA) is 136 Å². The molecule has 43 heavy (non-hydrogen) atoms. The molecule has 0 spiro atoms. The van der Waals surface area contributed by atoms with Crippen LogP contribution in [-0.2, 0) is 20.7 Å². The van der Waals surface area contributed by atoms with Crippen LogP contribution in [0.25, 0.3) is 0 Å². The van der Waals surface area contributed by atoms with Crippen molar-refractivity contribution in [3.8, 4) is 5.75 Å². The number of aliphatic hydroxyl groups excluding tert-OH is 1. The number of carboxylic acid groups (broad SMARTS) is 1. The molecule has 1 aromatic carbocycles. The van der Waals surface area contributed by atoms with Crippen molar-refractivity contribution in [3.63, 3.8) is 0 Å². The number of hydrogen-bond donors (Lipinski definition) is 3. The van der Waals surface area contributed by atoms with Gasteiger partial charge in [0.25, 0.3) is 0 Å². The predicted octanol–water partition coefficient (Wildman–Crippen LogP) is 1.51. The van der Waals surface area contributed by atoms with E-state index in [1.54, 1.807) is 26.0 Å². The Morgan fingerprint density at radius 1 is 1.14 bits per heavy atom. The van der Waals surface area contributed by atoms with E-state index in [0.717, 1.165) is 12.8 Å². The Bertz CT molecular complexity index is 1110. The van der Waals surface area contributed by atoms with Crippen molar-refractivity contribution in [1.82, 2.24) is 0 Å². The summed E-state index contributed by atoms with van der Waals surface area (Å²) in [5.74, 6) is -2.92. The van der Waals surface area contributed by atoms with Gasteiger partial charge in [-0.1, -0.05) is 53.7 Å². The maximum atomic E-state index is 13.9. The summed E-state index contributed by atoms with van der Waals surface area (Å²) in [5.41, 5.74) is -0.659. The molecular weight excluding hydrogens is 559 g/mol. The third-order valence-corrected chi connectivity index (χ3v) is 10.6. The van der Waals surface area contributed by atoms with Gasteiger partial charge in [0.15, 0.2) is 0 Å². The van der Waals surface area contributed by atoms with Crippen molar-refractivity contribution < 1.29 is 69.0 Å². The quantitative estimate of drug-likeness (QED) is 0.285. The van der Waals surface area contributed by atoms with E-state index in [4.69, 9.17) is 9.47 Å². The summed E-state index contributed by atoms with van der Waals surface area (Å²) in [6.07, 6.45) is 3.21. The molecule has 2 aliphatic rings. The molecule has 2 fully saturated rings. The van der Waals surface area contributed by atoms with Gasteiger partial charge in [0.1, 0.15) is 11.5 Å². The summed E-state index contributed by atoms with van der Waals surface area (Å²) < 4.78 is 13.2. The van der Waals surface area contributed by atoms with Crippen LogP contribution in [0.5, 0.6) is 5.75 Å². The Balaban J connectivity index is 0.00000645. The van der Waals surface area contributed by atoms with E-state index in [-0.39, 0.29) is 82.7 Å². The van der Waals surface area contributed by atoms with Crippen LogP contribution in [0, 0.1) is 30.6 Å². The summed E-state index contributed by atoms with van der Waals surface area (Å²) >= 11 is 0.